The van der Waals surface area contributed by atoms with E-state index in [1.165, 1.54) is 11.1 Å². The van der Waals surface area contributed by atoms with E-state index in [1.54, 1.807) is 15.6 Å². The van der Waals surface area contributed by atoms with Crippen LogP contribution in [0, 0.1) is 5.92 Å². The normalized spacial score (nSPS) is 18.2. The molecule has 1 fully saturated rings. The highest BCUT2D eigenvalue weighted by atomic mass is 127. The van der Waals surface area contributed by atoms with Gasteiger partial charge in [0.1, 0.15) is 0 Å². The van der Waals surface area contributed by atoms with Crippen LogP contribution in [0.5, 0.6) is 0 Å². The van der Waals surface area contributed by atoms with Crippen molar-refractivity contribution in [3.63, 3.8) is 0 Å². The van der Waals surface area contributed by atoms with Crippen molar-refractivity contribution >= 4 is 51.3 Å². The molecule has 1 saturated heterocycles. The number of rotatable bonds is 7. The molecule has 0 radical (unpaired) electrons. The van der Waals surface area contributed by atoms with Crippen LogP contribution in [0.3, 0.4) is 0 Å². The lowest BCUT2D eigenvalue weighted by atomic mass is 9.98. The molecule has 150 valence electrons. The van der Waals surface area contributed by atoms with E-state index in [0.717, 1.165) is 38.4 Å². The van der Waals surface area contributed by atoms with Gasteiger partial charge in [0, 0.05) is 37.0 Å². The van der Waals surface area contributed by atoms with E-state index in [-0.39, 0.29) is 24.0 Å². The first kappa shape index (κ1) is 23.6. The maximum Gasteiger partial charge on any atom is 0.211 e. The number of hydrogen-bond donors (Lipinski definition) is 2. The fourth-order valence-electron chi connectivity index (χ4n) is 2.92. The minimum atomic E-state index is -3.05. The van der Waals surface area contributed by atoms with Gasteiger partial charge in [-0.2, -0.15) is 0 Å². The second-order valence-corrected chi connectivity index (χ2v) is 9.58. The number of aliphatic imine (C=N–C) groups is 1. The molecule has 1 aromatic heterocycles. The molecular weight excluding hydrogens is 483 g/mol. The lowest BCUT2D eigenvalue weighted by Gasteiger charge is -2.30. The van der Waals surface area contributed by atoms with Gasteiger partial charge in [-0.1, -0.05) is 13.0 Å². The van der Waals surface area contributed by atoms with E-state index in [9.17, 15) is 8.42 Å². The quantitative estimate of drug-likeness (QED) is 0.334. The highest BCUT2D eigenvalue weighted by Crippen LogP contribution is 2.21. The zero-order valence-corrected chi connectivity index (χ0v) is 19.7. The average Bonchev–Trinajstić information content (AvgIpc) is 3.11. The van der Waals surface area contributed by atoms with Crippen molar-refractivity contribution in [3.8, 4) is 0 Å². The van der Waals surface area contributed by atoms with E-state index in [2.05, 4.69) is 42.0 Å². The number of guanidine groups is 1. The molecule has 2 rings (SSSR count). The van der Waals surface area contributed by atoms with E-state index in [1.807, 2.05) is 0 Å². The molecule has 1 atom stereocenters. The fourth-order valence-corrected chi connectivity index (χ4v) is 4.57. The Bertz CT molecular complexity index is 642. The van der Waals surface area contributed by atoms with Crippen molar-refractivity contribution in [2.45, 2.75) is 32.6 Å². The van der Waals surface area contributed by atoms with Gasteiger partial charge in [-0.3, -0.25) is 4.99 Å². The summed E-state index contributed by atoms with van der Waals surface area (Å²) in [5, 5.41) is 8.81. The third-order valence-electron chi connectivity index (χ3n) is 4.50. The summed E-state index contributed by atoms with van der Waals surface area (Å²) in [6.45, 7) is 7.90. The third kappa shape index (κ3) is 7.69. The van der Waals surface area contributed by atoms with Crippen molar-refractivity contribution in [2.75, 3.05) is 39.0 Å². The molecule has 0 aliphatic carbocycles. The van der Waals surface area contributed by atoms with Crippen LogP contribution < -0.4 is 10.6 Å². The van der Waals surface area contributed by atoms with Gasteiger partial charge in [0.05, 0.1) is 12.8 Å². The number of sulfonamides is 1. The Morgan fingerprint density at radius 2 is 2.08 bits per heavy atom. The SMILES string of the molecule is CCNC(=NCC(C)c1cccs1)NCC1CCN(S(C)(=O)=O)CC1.I. The Kier molecular flexibility index (Phi) is 10.4. The van der Waals surface area contributed by atoms with E-state index < -0.39 is 10.0 Å². The first-order chi connectivity index (χ1) is 11.9. The molecule has 1 aromatic rings. The van der Waals surface area contributed by atoms with Crippen LogP contribution in [0.25, 0.3) is 0 Å². The van der Waals surface area contributed by atoms with Gasteiger partial charge in [0.15, 0.2) is 5.96 Å². The van der Waals surface area contributed by atoms with Gasteiger partial charge >= 0.3 is 0 Å². The number of halogens is 1. The van der Waals surface area contributed by atoms with Crippen molar-refractivity contribution < 1.29 is 8.42 Å². The van der Waals surface area contributed by atoms with Crippen LogP contribution >= 0.6 is 35.3 Å². The van der Waals surface area contributed by atoms with Crippen LogP contribution in [0.1, 0.15) is 37.5 Å². The van der Waals surface area contributed by atoms with Crippen LogP contribution in [-0.4, -0.2) is 57.7 Å². The zero-order valence-electron chi connectivity index (χ0n) is 15.8. The summed E-state index contributed by atoms with van der Waals surface area (Å²) in [6.07, 6.45) is 3.08. The van der Waals surface area contributed by atoms with Crippen LogP contribution in [-0.2, 0) is 10.0 Å². The smallest absolute Gasteiger partial charge is 0.211 e. The summed E-state index contributed by atoms with van der Waals surface area (Å²) in [6, 6.07) is 4.23. The molecule has 1 aliphatic rings. The third-order valence-corrected chi connectivity index (χ3v) is 6.90. The summed E-state index contributed by atoms with van der Waals surface area (Å²) < 4.78 is 24.7. The van der Waals surface area contributed by atoms with Gasteiger partial charge < -0.3 is 10.6 Å². The minimum absolute atomic E-state index is 0. The highest BCUT2D eigenvalue weighted by Gasteiger charge is 2.24. The molecule has 9 heteroatoms. The Hall–Kier alpha value is -0.390. The molecule has 1 aliphatic heterocycles. The number of hydrogen-bond acceptors (Lipinski definition) is 4. The maximum atomic E-state index is 11.6. The molecular formula is C17H31IN4O2S2. The van der Waals surface area contributed by atoms with Crippen molar-refractivity contribution in [3.05, 3.63) is 22.4 Å². The molecule has 0 amide bonds. The summed E-state index contributed by atoms with van der Waals surface area (Å²) in [5.74, 6) is 1.74. The minimum Gasteiger partial charge on any atom is -0.357 e. The second-order valence-electron chi connectivity index (χ2n) is 6.62. The predicted octanol–water partition coefficient (Wildman–Crippen LogP) is 2.70. The second kappa shape index (κ2) is 11.5. The average molecular weight is 514 g/mol. The molecule has 0 saturated carbocycles. The van der Waals surface area contributed by atoms with Gasteiger partial charge in [-0.25, -0.2) is 12.7 Å². The van der Waals surface area contributed by atoms with Crippen molar-refractivity contribution in [2.24, 2.45) is 10.9 Å². The predicted molar refractivity (Wildman–Crippen MR) is 121 cm³/mol. The highest BCUT2D eigenvalue weighted by molar-refractivity contribution is 14.0. The summed E-state index contributed by atoms with van der Waals surface area (Å²) in [7, 11) is -3.05. The summed E-state index contributed by atoms with van der Waals surface area (Å²) in [5.41, 5.74) is 0. The Labute approximate surface area is 178 Å². The standard InChI is InChI=1S/C17H30N4O2S2.HI/c1-4-18-17(19-12-14(2)16-6-5-11-24-16)20-13-15-7-9-21(10-8-15)25(3,22)23;/h5-6,11,14-15H,4,7-10,12-13H2,1-3H3,(H2,18,19,20);1H. The lowest BCUT2D eigenvalue weighted by molar-refractivity contribution is 0.275. The molecule has 26 heavy (non-hydrogen) atoms. The van der Waals surface area contributed by atoms with Crippen LogP contribution in [0.15, 0.2) is 22.5 Å². The molecule has 1 unspecified atom stereocenters. The van der Waals surface area contributed by atoms with Crippen LogP contribution in [0.4, 0.5) is 0 Å². The molecule has 0 bridgehead atoms. The summed E-state index contributed by atoms with van der Waals surface area (Å²) in [4.78, 5) is 6.06. The number of piperidine rings is 1. The van der Waals surface area contributed by atoms with Gasteiger partial charge in [-0.15, -0.1) is 35.3 Å². The first-order valence-electron chi connectivity index (χ1n) is 8.90. The Morgan fingerprint density at radius 3 is 2.62 bits per heavy atom. The molecule has 6 nitrogen and oxygen atoms in total. The molecule has 2 heterocycles. The van der Waals surface area contributed by atoms with E-state index >= 15 is 0 Å². The Balaban J connectivity index is 0.00000338. The fraction of sp³-hybridized carbons (Fsp3) is 0.706. The zero-order chi connectivity index (χ0) is 18.3. The monoisotopic (exact) mass is 514 g/mol. The molecule has 2 N–H and O–H groups in total. The largest absolute Gasteiger partial charge is 0.357 e. The lowest BCUT2D eigenvalue weighted by Crippen LogP contribution is -2.44. The van der Waals surface area contributed by atoms with Gasteiger partial charge in [0.2, 0.25) is 10.0 Å². The van der Waals surface area contributed by atoms with E-state index in [4.69, 9.17) is 4.99 Å². The topological polar surface area (TPSA) is 73.8 Å². The number of nitrogens with one attached hydrogen (secondary N) is 2. The molecule has 0 spiro atoms. The first-order valence-corrected chi connectivity index (χ1v) is 11.6. The summed E-state index contributed by atoms with van der Waals surface area (Å²) >= 11 is 1.77. The van der Waals surface area contributed by atoms with Gasteiger partial charge in [-0.05, 0) is 37.1 Å². The maximum absolute atomic E-state index is 11.6. The number of nitrogens with zero attached hydrogens (tertiary/aromatic N) is 2. The van der Waals surface area contributed by atoms with Gasteiger partial charge in [0.25, 0.3) is 0 Å². The van der Waals surface area contributed by atoms with Crippen molar-refractivity contribution in [1.29, 1.82) is 0 Å². The Morgan fingerprint density at radius 1 is 1.38 bits per heavy atom. The van der Waals surface area contributed by atoms with Crippen LogP contribution in [0.2, 0.25) is 0 Å². The van der Waals surface area contributed by atoms with E-state index in [0.29, 0.717) is 24.9 Å². The molecule has 0 aromatic carbocycles. The number of thiophene rings is 1. The van der Waals surface area contributed by atoms with Crippen molar-refractivity contribution in [1.82, 2.24) is 14.9 Å².